The Bertz CT molecular complexity index is 481. The second-order valence-electron chi connectivity index (χ2n) is 3.89. The first kappa shape index (κ1) is 13.6. The SMILES string of the molecule is CCC1SC(=S)N(CNc2cccc(Cl)c2)C1=O. The molecule has 1 aromatic carbocycles. The van der Waals surface area contributed by atoms with Gasteiger partial charge in [-0.2, -0.15) is 0 Å². The van der Waals surface area contributed by atoms with Crippen LogP contribution in [0.3, 0.4) is 0 Å². The van der Waals surface area contributed by atoms with E-state index in [1.807, 2.05) is 25.1 Å². The number of anilines is 1. The third kappa shape index (κ3) is 2.96. The van der Waals surface area contributed by atoms with Crippen molar-refractivity contribution in [3.05, 3.63) is 29.3 Å². The number of nitrogens with zero attached hydrogens (tertiary/aromatic N) is 1. The van der Waals surface area contributed by atoms with Crippen molar-refractivity contribution in [2.45, 2.75) is 18.6 Å². The Morgan fingerprint density at radius 2 is 2.33 bits per heavy atom. The molecule has 1 heterocycles. The Labute approximate surface area is 121 Å². The third-order valence-electron chi connectivity index (χ3n) is 2.64. The molecule has 0 spiro atoms. The summed E-state index contributed by atoms with van der Waals surface area (Å²) in [6, 6.07) is 7.38. The van der Waals surface area contributed by atoms with Gasteiger partial charge in [0.2, 0.25) is 5.91 Å². The summed E-state index contributed by atoms with van der Waals surface area (Å²) in [6.07, 6.45) is 0.803. The van der Waals surface area contributed by atoms with Gasteiger partial charge in [-0.25, -0.2) is 0 Å². The number of benzene rings is 1. The van der Waals surface area contributed by atoms with Crippen molar-refractivity contribution >= 4 is 51.5 Å². The van der Waals surface area contributed by atoms with Gasteiger partial charge in [-0.3, -0.25) is 9.69 Å². The van der Waals surface area contributed by atoms with Crippen molar-refractivity contribution in [1.82, 2.24) is 4.90 Å². The van der Waals surface area contributed by atoms with Crippen LogP contribution in [0.15, 0.2) is 24.3 Å². The normalized spacial score (nSPS) is 19.4. The van der Waals surface area contributed by atoms with Crippen LogP contribution in [-0.2, 0) is 4.79 Å². The summed E-state index contributed by atoms with van der Waals surface area (Å²) in [5, 5.41) is 3.79. The van der Waals surface area contributed by atoms with Crippen molar-refractivity contribution in [1.29, 1.82) is 0 Å². The Hall–Kier alpha value is -0.780. The number of hydrogen-bond acceptors (Lipinski definition) is 4. The number of carbonyl (C=O) groups is 1. The van der Waals surface area contributed by atoms with Gasteiger partial charge in [-0.15, -0.1) is 0 Å². The molecule has 1 aliphatic rings. The molecule has 3 nitrogen and oxygen atoms in total. The lowest BCUT2D eigenvalue weighted by Gasteiger charge is -2.17. The molecule has 1 unspecified atom stereocenters. The van der Waals surface area contributed by atoms with Crippen LogP contribution in [0, 0.1) is 0 Å². The van der Waals surface area contributed by atoms with E-state index >= 15 is 0 Å². The molecular weight excluding hydrogens is 288 g/mol. The van der Waals surface area contributed by atoms with E-state index in [1.165, 1.54) is 11.8 Å². The van der Waals surface area contributed by atoms with Crippen LogP contribution in [0.1, 0.15) is 13.3 Å². The Morgan fingerprint density at radius 1 is 1.56 bits per heavy atom. The number of rotatable bonds is 4. The maximum Gasteiger partial charge on any atom is 0.243 e. The lowest BCUT2D eigenvalue weighted by atomic mass is 10.3. The van der Waals surface area contributed by atoms with E-state index in [0.29, 0.717) is 16.0 Å². The van der Waals surface area contributed by atoms with Gasteiger partial charge in [-0.05, 0) is 24.6 Å². The van der Waals surface area contributed by atoms with Gasteiger partial charge in [0.15, 0.2) is 0 Å². The molecule has 1 aliphatic heterocycles. The predicted molar refractivity (Wildman–Crippen MR) is 81.1 cm³/mol. The molecule has 1 amide bonds. The zero-order valence-corrected chi connectivity index (χ0v) is 12.2. The standard InChI is InChI=1S/C12H13ClN2OS2/c1-2-10-11(16)15(12(17)18-10)7-14-9-5-3-4-8(13)6-9/h3-6,10,14H,2,7H2,1H3. The minimum Gasteiger partial charge on any atom is -0.367 e. The molecule has 2 rings (SSSR count). The summed E-state index contributed by atoms with van der Waals surface area (Å²) in [7, 11) is 0. The van der Waals surface area contributed by atoms with Gasteiger partial charge in [-0.1, -0.05) is 48.6 Å². The van der Waals surface area contributed by atoms with Crippen LogP contribution in [0.25, 0.3) is 0 Å². The van der Waals surface area contributed by atoms with Crippen LogP contribution in [0.4, 0.5) is 5.69 Å². The minimum absolute atomic E-state index is 0.0290. The van der Waals surface area contributed by atoms with Gasteiger partial charge < -0.3 is 5.32 Å². The van der Waals surface area contributed by atoms with Crippen molar-refractivity contribution in [3.63, 3.8) is 0 Å². The fourth-order valence-corrected chi connectivity index (χ4v) is 3.28. The molecule has 1 fully saturated rings. The lowest BCUT2D eigenvalue weighted by molar-refractivity contribution is -0.125. The smallest absolute Gasteiger partial charge is 0.243 e. The molecule has 96 valence electrons. The molecule has 18 heavy (non-hydrogen) atoms. The average molecular weight is 301 g/mol. The molecule has 6 heteroatoms. The Balaban J connectivity index is 1.98. The number of thioether (sulfide) groups is 1. The molecule has 1 aromatic rings. The van der Waals surface area contributed by atoms with Crippen molar-refractivity contribution in [2.24, 2.45) is 0 Å². The number of halogens is 1. The maximum atomic E-state index is 12.0. The molecule has 0 bridgehead atoms. The van der Waals surface area contributed by atoms with Gasteiger partial charge in [0.1, 0.15) is 4.32 Å². The van der Waals surface area contributed by atoms with Gasteiger partial charge in [0.25, 0.3) is 0 Å². The van der Waals surface area contributed by atoms with Crippen LogP contribution in [0.5, 0.6) is 0 Å². The van der Waals surface area contributed by atoms with E-state index < -0.39 is 0 Å². The summed E-state index contributed by atoms with van der Waals surface area (Å²) in [5.41, 5.74) is 0.878. The predicted octanol–water partition coefficient (Wildman–Crippen LogP) is 3.35. The fraction of sp³-hybridized carbons (Fsp3) is 0.333. The monoisotopic (exact) mass is 300 g/mol. The van der Waals surface area contributed by atoms with Crippen LogP contribution >= 0.6 is 35.6 Å². The highest BCUT2D eigenvalue weighted by Gasteiger charge is 2.35. The fourth-order valence-electron chi connectivity index (χ4n) is 1.67. The van der Waals surface area contributed by atoms with E-state index in [4.69, 9.17) is 23.8 Å². The van der Waals surface area contributed by atoms with Crippen LogP contribution in [0.2, 0.25) is 5.02 Å². The van der Waals surface area contributed by atoms with E-state index in [9.17, 15) is 4.79 Å². The summed E-state index contributed by atoms with van der Waals surface area (Å²) in [6.45, 7) is 2.38. The molecule has 0 aliphatic carbocycles. The molecular formula is C12H13ClN2OS2. The van der Waals surface area contributed by atoms with Crippen molar-refractivity contribution < 1.29 is 4.79 Å². The van der Waals surface area contributed by atoms with Crippen molar-refractivity contribution in [2.75, 3.05) is 12.0 Å². The Kier molecular flexibility index (Phi) is 4.48. The van der Waals surface area contributed by atoms with Crippen LogP contribution < -0.4 is 5.32 Å². The van der Waals surface area contributed by atoms with Gasteiger partial charge in [0, 0.05) is 10.7 Å². The quantitative estimate of drug-likeness (QED) is 0.864. The van der Waals surface area contributed by atoms with Crippen molar-refractivity contribution in [3.8, 4) is 0 Å². The van der Waals surface area contributed by atoms with E-state index in [0.717, 1.165) is 12.1 Å². The second kappa shape index (κ2) is 5.91. The highest BCUT2D eigenvalue weighted by Crippen LogP contribution is 2.29. The van der Waals surface area contributed by atoms with Gasteiger partial charge >= 0.3 is 0 Å². The molecule has 1 N–H and O–H groups in total. The summed E-state index contributed by atoms with van der Waals surface area (Å²) >= 11 is 12.6. The molecule has 0 radical (unpaired) electrons. The Morgan fingerprint density at radius 3 is 2.94 bits per heavy atom. The van der Waals surface area contributed by atoms with Crippen LogP contribution in [-0.4, -0.2) is 27.0 Å². The second-order valence-corrected chi connectivity index (χ2v) is 6.17. The minimum atomic E-state index is -0.0290. The zero-order valence-electron chi connectivity index (χ0n) is 9.85. The first-order valence-electron chi connectivity index (χ1n) is 5.63. The summed E-state index contributed by atoms with van der Waals surface area (Å²) < 4.78 is 0.640. The molecule has 0 aromatic heterocycles. The van der Waals surface area contributed by atoms with E-state index in [2.05, 4.69) is 5.32 Å². The highest BCUT2D eigenvalue weighted by molar-refractivity contribution is 8.24. The topological polar surface area (TPSA) is 32.3 Å². The maximum absolute atomic E-state index is 12.0. The van der Waals surface area contributed by atoms with E-state index in [1.54, 1.807) is 11.0 Å². The largest absolute Gasteiger partial charge is 0.367 e. The first-order valence-corrected chi connectivity index (χ1v) is 7.30. The molecule has 0 saturated carbocycles. The molecule has 1 saturated heterocycles. The number of amides is 1. The average Bonchev–Trinajstić information content (AvgIpc) is 2.62. The first-order chi connectivity index (χ1) is 8.61. The summed E-state index contributed by atoms with van der Waals surface area (Å²) in [4.78, 5) is 13.6. The van der Waals surface area contributed by atoms with E-state index in [-0.39, 0.29) is 11.2 Å². The molecule has 1 atom stereocenters. The van der Waals surface area contributed by atoms with Gasteiger partial charge in [0.05, 0.1) is 11.9 Å². The number of thiocarbonyl (C=S) groups is 1. The number of nitrogens with one attached hydrogen (secondary N) is 1. The summed E-state index contributed by atoms with van der Waals surface area (Å²) in [5.74, 6) is 0.0852. The number of hydrogen-bond donors (Lipinski definition) is 1. The zero-order chi connectivity index (χ0) is 13.1. The highest BCUT2D eigenvalue weighted by atomic mass is 35.5. The lowest BCUT2D eigenvalue weighted by Crippen LogP contribution is -2.35. The number of carbonyl (C=O) groups excluding carboxylic acids is 1. The third-order valence-corrected chi connectivity index (χ3v) is 4.63.